The van der Waals surface area contributed by atoms with E-state index >= 15 is 0 Å². The van der Waals surface area contributed by atoms with E-state index in [2.05, 4.69) is 6.07 Å². The molecule has 0 spiro atoms. The largest absolute Gasteiger partial charge is 0.207 e. The topological polar surface area (TPSA) is 0 Å². The normalized spacial score (nSPS) is 11.0. The van der Waals surface area contributed by atoms with E-state index in [0.29, 0.717) is 10.0 Å². The van der Waals surface area contributed by atoms with Crippen LogP contribution in [0.4, 0.5) is 4.39 Å². The van der Waals surface area contributed by atoms with Crippen LogP contribution in [0.5, 0.6) is 0 Å². The van der Waals surface area contributed by atoms with Gasteiger partial charge in [-0.1, -0.05) is 49.2 Å². The summed E-state index contributed by atoms with van der Waals surface area (Å²) in [5, 5.41) is 1.20. The van der Waals surface area contributed by atoms with Crippen molar-refractivity contribution in [1.29, 1.82) is 0 Å². The van der Waals surface area contributed by atoms with Gasteiger partial charge in [0.1, 0.15) is 5.82 Å². The van der Waals surface area contributed by atoms with Crippen LogP contribution in [0.2, 0.25) is 10.0 Å². The van der Waals surface area contributed by atoms with Crippen molar-refractivity contribution in [2.24, 2.45) is 0 Å². The van der Waals surface area contributed by atoms with Crippen molar-refractivity contribution in [3.63, 3.8) is 0 Å². The van der Waals surface area contributed by atoms with Gasteiger partial charge in [0.25, 0.3) is 0 Å². The summed E-state index contributed by atoms with van der Waals surface area (Å²) < 4.78 is 12.9. The van der Waals surface area contributed by atoms with E-state index in [0.717, 1.165) is 16.7 Å². The van der Waals surface area contributed by atoms with Crippen LogP contribution >= 0.6 is 23.2 Å². The molecule has 0 saturated heterocycles. The predicted molar refractivity (Wildman–Crippen MR) is 74.8 cm³/mol. The molecule has 0 aliphatic rings. The third-order valence-corrected chi connectivity index (χ3v) is 3.47. The maximum Gasteiger partial charge on any atom is 0.123 e. The Labute approximate surface area is 116 Å². The molecule has 93 valence electrons. The van der Waals surface area contributed by atoms with Crippen LogP contribution in [0.1, 0.15) is 25.3 Å². The summed E-state index contributed by atoms with van der Waals surface area (Å²) in [5.41, 5.74) is 2.49. The fourth-order valence-electron chi connectivity index (χ4n) is 1.87. The van der Waals surface area contributed by atoms with Crippen molar-refractivity contribution in [3.8, 4) is 11.1 Å². The Morgan fingerprint density at radius 2 is 1.72 bits per heavy atom. The Hall–Kier alpha value is -1.05. The second-order valence-electron chi connectivity index (χ2n) is 4.40. The Morgan fingerprint density at radius 1 is 1.11 bits per heavy atom. The molecule has 3 heteroatoms. The fraction of sp³-hybridized carbons (Fsp3) is 0.200. The predicted octanol–water partition coefficient (Wildman–Crippen LogP) is 5.72. The lowest BCUT2D eigenvalue weighted by Gasteiger charge is -2.14. The van der Waals surface area contributed by atoms with Gasteiger partial charge in [-0.3, -0.25) is 0 Å². The first-order valence-corrected chi connectivity index (χ1v) is 6.41. The SMILES string of the molecule is CC(C)c1c(Cl)c[c]c(-c2ccc(F)cc2)c1Cl. The third kappa shape index (κ3) is 2.52. The molecular weight excluding hydrogens is 270 g/mol. The van der Waals surface area contributed by atoms with Gasteiger partial charge in [-0.2, -0.15) is 0 Å². The summed E-state index contributed by atoms with van der Waals surface area (Å²) >= 11 is 12.5. The first-order valence-electron chi connectivity index (χ1n) is 5.66. The van der Waals surface area contributed by atoms with E-state index in [4.69, 9.17) is 23.2 Å². The van der Waals surface area contributed by atoms with E-state index < -0.39 is 0 Å². The van der Waals surface area contributed by atoms with Gasteiger partial charge in [-0.05, 0) is 41.3 Å². The third-order valence-electron chi connectivity index (χ3n) is 2.77. The summed E-state index contributed by atoms with van der Waals surface area (Å²) in [6.07, 6.45) is 0. The van der Waals surface area contributed by atoms with Gasteiger partial charge in [0.2, 0.25) is 0 Å². The lowest BCUT2D eigenvalue weighted by atomic mass is 9.97. The molecule has 2 aromatic carbocycles. The van der Waals surface area contributed by atoms with E-state index in [1.54, 1.807) is 18.2 Å². The minimum atomic E-state index is -0.270. The second-order valence-corrected chi connectivity index (χ2v) is 5.19. The van der Waals surface area contributed by atoms with Crippen molar-refractivity contribution >= 4 is 23.2 Å². The van der Waals surface area contributed by atoms with E-state index in [1.165, 1.54) is 12.1 Å². The Morgan fingerprint density at radius 3 is 2.28 bits per heavy atom. The minimum Gasteiger partial charge on any atom is -0.207 e. The molecule has 0 atom stereocenters. The van der Waals surface area contributed by atoms with Crippen LogP contribution in [0, 0.1) is 11.9 Å². The molecule has 0 heterocycles. The number of hydrogen-bond donors (Lipinski definition) is 0. The molecule has 18 heavy (non-hydrogen) atoms. The number of benzene rings is 2. The van der Waals surface area contributed by atoms with Crippen molar-refractivity contribution in [2.75, 3.05) is 0 Å². The molecule has 0 unspecified atom stereocenters. The smallest absolute Gasteiger partial charge is 0.123 e. The quantitative estimate of drug-likeness (QED) is 0.660. The molecule has 2 aromatic rings. The second kappa shape index (κ2) is 5.29. The molecule has 0 N–H and O–H groups in total. The van der Waals surface area contributed by atoms with Gasteiger partial charge in [0.05, 0.1) is 5.02 Å². The summed E-state index contributed by atoms with van der Waals surface area (Å²) in [6, 6.07) is 10.9. The molecule has 0 bridgehead atoms. The highest BCUT2D eigenvalue weighted by molar-refractivity contribution is 6.37. The summed E-state index contributed by atoms with van der Waals surface area (Å²) in [5.74, 6) is -0.0493. The Balaban J connectivity index is 2.59. The molecule has 0 nitrogen and oxygen atoms in total. The standard InChI is InChI=1S/C15H12Cl2F/c1-9(2)14-13(16)8-7-12(15(14)17)10-3-5-11(18)6-4-10/h3-6,8-9H,1-2H3. The molecule has 0 aliphatic heterocycles. The maximum atomic E-state index is 12.9. The van der Waals surface area contributed by atoms with E-state index in [-0.39, 0.29) is 11.7 Å². The first-order chi connectivity index (χ1) is 8.50. The zero-order chi connectivity index (χ0) is 13.3. The van der Waals surface area contributed by atoms with Crippen molar-refractivity contribution in [3.05, 3.63) is 57.8 Å². The molecule has 0 saturated carbocycles. The summed E-state index contributed by atoms with van der Waals surface area (Å²) in [7, 11) is 0. The molecule has 0 amide bonds. The monoisotopic (exact) mass is 281 g/mol. The lowest BCUT2D eigenvalue weighted by molar-refractivity contribution is 0.628. The van der Waals surface area contributed by atoms with Gasteiger partial charge in [0, 0.05) is 10.6 Å². The van der Waals surface area contributed by atoms with Crippen LogP contribution < -0.4 is 0 Å². The molecular formula is C15H12Cl2F. The highest BCUT2D eigenvalue weighted by Gasteiger charge is 2.15. The van der Waals surface area contributed by atoms with Gasteiger partial charge in [0.15, 0.2) is 0 Å². The molecule has 0 aromatic heterocycles. The minimum absolute atomic E-state index is 0.221. The van der Waals surface area contributed by atoms with Gasteiger partial charge in [-0.15, -0.1) is 0 Å². The van der Waals surface area contributed by atoms with E-state index in [1.807, 2.05) is 13.8 Å². The number of rotatable bonds is 2. The van der Waals surface area contributed by atoms with Gasteiger partial charge < -0.3 is 0 Å². The zero-order valence-corrected chi connectivity index (χ0v) is 11.6. The average Bonchev–Trinajstić information content (AvgIpc) is 2.30. The first kappa shape index (κ1) is 13.4. The Bertz CT molecular complexity index is 559. The highest BCUT2D eigenvalue weighted by atomic mass is 35.5. The average molecular weight is 282 g/mol. The van der Waals surface area contributed by atoms with Gasteiger partial charge in [-0.25, -0.2) is 4.39 Å². The van der Waals surface area contributed by atoms with Gasteiger partial charge >= 0.3 is 0 Å². The van der Waals surface area contributed by atoms with E-state index in [9.17, 15) is 4.39 Å². The highest BCUT2D eigenvalue weighted by Crippen LogP contribution is 2.38. The number of halogens is 3. The van der Waals surface area contributed by atoms with Crippen LogP contribution in [0.3, 0.4) is 0 Å². The maximum absolute atomic E-state index is 12.9. The van der Waals surface area contributed by atoms with Crippen molar-refractivity contribution in [1.82, 2.24) is 0 Å². The van der Waals surface area contributed by atoms with Crippen LogP contribution in [0.25, 0.3) is 11.1 Å². The molecule has 2 rings (SSSR count). The number of hydrogen-bond acceptors (Lipinski definition) is 0. The Kier molecular flexibility index (Phi) is 3.94. The fourth-order valence-corrected chi connectivity index (χ4v) is 2.77. The van der Waals surface area contributed by atoms with Crippen molar-refractivity contribution in [2.45, 2.75) is 19.8 Å². The molecule has 0 aliphatic carbocycles. The summed E-state index contributed by atoms with van der Waals surface area (Å²) in [4.78, 5) is 0. The molecule has 0 fully saturated rings. The summed E-state index contributed by atoms with van der Waals surface area (Å²) in [6.45, 7) is 4.06. The van der Waals surface area contributed by atoms with Crippen LogP contribution in [-0.2, 0) is 0 Å². The van der Waals surface area contributed by atoms with Crippen LogP contribution in [-0.4, -0.2) is 0 Å². The zero-order valence-electron chi connectivity index (χ0n) is 10.1. The van der Waals surface area contributed by atoms with Crippen LogP contribution in [0.15, 0.2) is 30.3 Å². The lowest BCUT2D eigenvalue weighted by Crippen LogP contribution is -1.93. The molecule has 1 radical (unpaired) electrons. The van der Waals surface area contributed by atoms with Crippen molar-refractivity contribution < 1.29 is 4.39 Å².